The first-order chi connectivity index (χ1) is 23.7. The Morgan fingerprint density at radius 3 is 1.44 bits per heavy atom. The van der Waals surface area contributed by atoms with Crippen LogP contribution in [0.1, 0.15) is 82.6 Å². The van der Waals surface area contributed by atoms with Crippen molar-refractivity contribution in [3.63, 3.8) is 0 Å². The van der Waals surface area contributed by atoms with Gasteiger partial charge in [-0.15, -0.1) is 0 Å². The van der Waals surface area contributed by atoms with E-state index in [4.69, 9.17) is 39.4 Å². The zero-order chi connectivity index (χ0) is 32.5. The number of nitrogens with zero attached hydrogens (tertiary/aromatic N) is 11. The van der Waals surface area contributed by atoms with Gasteiger partial charge in [0.05, 0.1) is 13.3 Å². The average molecular weight is 657 g/mol. The van der Waals surface area contributed by atoms with Crippen LogP contribution < -0.4 is 34.5 Å². The van der Waals surface area contributed by atoms with Gasteiger partial charge >= 0.3 is 6.01 Å². The molecular weight excluding hydrogens is 608 g/mol. The molecule has 0 bridgehead atoms. The SMILES string of the molecule is COc1cc(/C=N\Nc2nc(N3CCCCC3)nc(N3CCCCC3)n2)ccc1Oc1nc(N2CCCCC2)nc(N2CCCCC2)n1. The summed E-state index contributed by atoms with van der Waals surface area (Å²) in [7, 11) is 1.63. The van der Waals surface area contributed by atoms with Crippen molar-refractivity contribution in [1.82, 2.24) is 29.9 Å². The number of aromatic nitrogens is 6. The molecule has 4 fully saturated rings. The molecule has 256 valence electrons. The Bertz CT molecular complexity index is 1460. The monoisotopic (exact) mass is 656 g/mol. The van der Waals surface area contributed by atoms with Gasteiger partial charge in [0.2, 0.25) is 29.7 Å². The first-order valence-corrected chi connectivity index (χ1v) is 17.9. The van der Waals surface area contributed by atoms with Crippen LogP contribution in [0.4, 0.5) is 29.7 Å². The summed E-state index contributed by atoms with van der Waals surface area (Å²) in [5, 5.41) is 4.49. The quantitative estimate of drug-likeness (QED) is 0.225. The number of nitrogens with one attached hydrogen (secondary N) is 1. The molecule has 4 aliphatic rings. The Morgan fingerprint density at radius 1 is 0.562 bits per heavy atom. The van der Waals surface area contributed by atoms with Gasteiger partial charge in [-0.3, -0.25) is 0 Å². The second-order valence-electron chi connectivity index (χ2n) is 13.1. The first-order valence-electron chi connectivity index (χ1n) is 17.9. The van der Waals surface area contributed by atoms with E-state index in [1.807, 2.05) is 18.2 Å². The zero-order valence-corrected chi connectivity index (χ0v) is 28.2. The molecule has 0 unspecified atom stereocenters. The number of rotatable bonds is 10. The van der Waals surface area contributed by atoms with E-state index in [9.17, 15) is 0 Å². The van der Waals surface area contributed by atoms with E-state index in [0.717, 1.165) is 121 Å². The summed E-state index contributed by atoms with van der Waals surface area (Å²) in [6, 6.07) is 5.94. The summed E-state index contributed by atoms with van der Waals surface area (Å²) in [6.45, 7) is 7.62. The van der Waals surface area contributed by atoms with Crippen molar-refractivity contribution in [2.45, 2.75) is 77.0 Å². The minimum atomic E-state index is 0.274. The third kappa shape index (κ3) is 7.96. The number of ether oxygens (including phenoxy) is 2. The fourth-order valence-electron chi connectivity index (χ4n) is 6.84. The number of hydrogen-bond acceptors (Lipinski definition) is 14. The Kier molecular flexibility index (Phi) is 10.4. The van der Waals surface area contributed by atoms with Gasteiger partial charge in [-0.2, -0.15) is 35.0 Å². The number of methoxy groups -OCH3 is 1. The number of piperidine rings is 4. The van der Waals surface area contributed by atoms with Crippen molar-refractivity contribution >= 4 is 36.0 Å². The summed E-state index contributed by atoms with van der Waals surface area (Å²) in [6.07, 6.45) is 15.9. The van der Waals surface area contributed by atoms with Crippen LogP contribution >= 0.6 is 0 Å². The standard InChI is InChI=1S/C34H48N12O2/c1-47-28-24-26(25-35-42-29-36-30(43-16-6-2-7-17-43)38-31(37-29)44-18-8-3-9-19-44)14-15-27(28)48-34-40-32(45-20-10-4-11-21-45)39-33(41-34)46-22-12-5-13-23-46/h14-15,24-25H,2-13,16-23H2,1H3,(H,36,37,38,42)/b35-25-. The molecule has 14 heteroatoms. The summed E-state index contributed by atoms with van der Waals surface area (Å²) in [5.74, 6) is 4.32. The van der Waals surface area contributed by atoms with E-state index in [-0.39, 0.29) is 6.01 Å². The second-order valence-corrected chi connectivity index (χ2v) is 13.1. The van der Waals surface area contributed by atoms with Crippen molar-refractivity contribution < 1.29 is 9.47 Å². The van der Waals surface area contributed by atoms with Crippen molar-refractivity contribution in [1.29, 1.82) is 0 Å². The zero-order valence-electron chi connectivity index (χ0n) is 28.2. The van der Waals surface area contributed by atoms with Gasteiger partial charge in [0.1, 0.15) is 0 Å². The van der Waals surface area contributed by atoms with Crippen LogP contribution in [0.5, 0.6) is 17.5 Å². The van der Waals surface area contributed by atoms with E-state index >= 15 is 0 Å². The summed E-state index contributed by atoms with van der Waals surface area (Å²) in [5.41, 5.74) is 3.89. The van der Waals surface area contributed by atoms with Crippen LogP contribution in [-0.2, 0) is 0 Å². The Labute approximate surface area is 283 Å². The molecule has 0 atom stereocenters. The van der Waals surface area contributed by atoms with Crippen LogP contribution in [0.25, 0.3) is 0 Å². The fraction of sp³-hybridized carbons (Fsp3) is 0.618. The number of hydrogen-bond donors (Lipinski definition) is 1. The molecule has 1 aromatic carbocycles. The molecule has 4 aliphatic heterocycles. The highest BCUT2D eigenvalue weighted by Crippen LogP contribution is 2.33. The molecule has 2 aromatic heterocycles. The van der Waals surface area contributed by atoms with Crippen molar-refractivity contribution in [3.8, 4) is 17.5 Å². The minimum absolute atomic E-state index is 0.274. The summed E-state index contributed by atoms with van der Waals surface area (Å²) < 4.78 is 12.0. The third-order valence-corrected chi connectivity index (χ3v) is 9.53. The van der Waals surface area contributed by atoms with Gasteiger partial charge in [0.15, 0.2) is 11.5 Å². The highest BCUT2D eigenvalue weighted by Gasteiger charge is 2.23. The van der Waals surface area contributed by atoms with E-state index in [0.29, 0.717) is 29.3 Å². The molecule has 0 aliphatic carbocycles. The molecule has 48 heavy (non-hydrogen) atoms. The summed E-state index contributed by atoms with van der Waals surface area (Å²) >= 11 is 0. The highest BCUT2D eigenvalue weighted by molar-refractivity contribution is 5.81. The van der Waals surface area contributed by atoms with Gasteiger partial charge in [-0.05, 0) is 101 Å². The smallest absolute Gasteiger partial charge is 0.328 e. The highest BCUT2D eigenvalue weighted by atomic mass is 16.5. The predicted octanol–water partition coefficient (Wildman–Crippen LogP) is 5.26. The van der Waals surface area contributed by atoms with Crippen molar-refractivity contribution in [2.75, 3.05) is 84.5 Å². The normalized spacial score (nSPS) is 19.1. The van der Waals surface area contributed by atoms with E-state index in [1.165, 1.54) is 25.7 Å². The number of hydrazone groups is 1. The van der Waals surface area contributed by atoms with Crippen LogP contribution in [0.15, 0.2) is 23.3 Å². The molecule has 7 rings (SSSR count). The molecule has 14 nitrogen and oxygen atoms in total. The molecule has 0 spiro atoms. The largest absolute Gasteiger partial charge is 0.493 e. The lowest BCUT2D eigenvalue weighted by Crippen LogP contribution is -2.34. The second kappa shape index (κ2) is 15.6. The van der Waals surface area contributed by atoms with E-state index < -0.39 is 0 Å². The Hall–Kier alpha value is -4.49. The first kappa shape index (κ1) is 32.1. The lowest BCUT2D eigenvalue weighted by molar-refractivity contribution is 0.367. The molecule has 4 saturated heterocycles. The third-order valence-electron chi connectivity index (χ3n) is 9.53. The predicted molar refractivity (Wildman–Crippen MR) is 188 cm³/mol. The van der Waals surface area contributed by atoms with Crippen LogP contribution in [0, 0.1) is 0 Å². The van der Waals surface area contributed by atoms with Gasteiger partial charge in [0, 0.05) is 52.4 Å². The lowest BCUT2D eigenvalue weighted by atomic mass is 10.1. The maximum atomic E-state index is 6.30. The van der Waals surface area contributed by atoms with Crippen LogP contribution in [-0.4, -0.2) is 95.6 Å². The molecule has 3 aromatic rings. The van der Waals surface area contributed by atoms with E-state index in [1.54, 1.807) is 13.3 Å². The molecule has 6 heterocycles. The number of benzene rings is 1. The molecule has 0 radical (unpaired) electrons. The van der Waals surface area contributed by atoms with Gasteiger partial charge in [-0.25, -0.2) is 5.43 Å². The summed E-state index contributed by atoms with van der Waals surface area (Å²) in [4.78, 5) is 37.7. The molecule has 0 amide bonds. The average Bonchev–Trinajstić information content (AvgIpc) is 3.16. The minimum Gasteiger partial charge on any atom is -0.493 e. The lowest BCUT2D eigenvalue weighted by Gasteiger charge is -2.30. The molecular formula is C34H48N12O2. The van der Waals surface area contributed by atoms with Crippen molar-refractivity contribution in [2.24, 2.45) is 5.10 Å². The van der Waals surface area contributed by atoms with Gasteiger partial charge in [-0.1, -0.05) is 0 Å². The Morgan fingerprint density at radius 2 is 1.00 bits per heavy atom. The van der Waals surface area contributed by atoms with Gasteiger partial charge < -0.3 is 29.1 Å². The molecule has 0 saturated carbocycles. The fourth-order valence-corrected chi connectivity index (χ4v) is 6.84. The number of anilines is 5. The van der Waals surface area contributed by atoms with E-state index in [2.05, 4.69) is 30.1 Å². The van der Waals surface area contributed by atoms with Crippen LogP contribution in [0.2, 0.25) is 0 Å². The maximum Gasteiger partial charge on any atom is 0.328 e. The van der Waals surface area contributed by atoms with Crippen LogP contribution in [0.3, 0.4) is 0 Å². The topological polar surface area (TPSA) is 133 Å². The molecule has 1 N–H and O–H groups in total. The Balaban J connectivity index is 1.08. The maximum absolute atomic E-state index is 6.30. The van der Waals surface area contributed by atoms with Gasteiger partial charge in [0.25, 0.3) is 0 Å². The van der Waals surface area contributed by atoms with Crippen molar-refractivity contribution in [3.05, 3.63) is 23.8 Å².